The molecule has 1 aromatic carbocycles. The summed E-state index contributed by atoms with van der Waals surface area (Å²) in [6, 6.07) is 8.45. The molecular weight excluding hydrogens is 270 g/mol. The number of benzene rings is 1. The summed E-state index contributed by atoms with van der Waals surface area (Å²) in [6.45, 7) is 0.145. The van der Waals surface area contributed by atoms with Gasteiger partial charge in [-0.25, -0.2) is 9.59 Å². The van der Waals surface area contributed by atoms with Crippen LogP contribution in [0, 0.1) is 11.3 Å². The van der Waals surface area contributed by atoms with Crippen molar-refractivity contribution >= 4 is 12.1 Å². The van der Waals surface area contributed by atoms with E-state index in [1.165, 1.54) is 0 Å². The normalized spacial score (nSPS) is 27.0. The largest absolute Gasteiger partial charge is 0.480 e. The first-order valence-electron chi connectivity index (χ1n) is 7.26. The number of carbonyl (C=O) groups excluding carboxylic acids is 1. The summed E-state index contributed by atoms with van der Waals surface area (Å²) in [5.41, 5.74) is 1.04. The number of aliphatic carboxylic acids is 1. The first kappa shape index (κ1) is 13.9. The van der Waals surface area contributed by atoms with Crippen LogP contribution in [0.4, 0.5) is 4.79 Å². The van der Waals surface area contributed by atoms with Crippen LogP contribution in [0.2, 0.25) is 0 Å². The van der Waals surface area contributed by atoms with Crippen molar-refractivity contribution in [1.82, 2.24) is 5.32 Å². The van der Waals surface area contributed by atoms with Gasteiger partial charge in [-0.1, -0.05) is 30.3 Å². The minimum Gasteiger partial charge on any atom is -0.480 e. The third-order valence-corrected chi connectivity index (χ3v) is 4.61. The molecule has 3 fully saturated rings. The molecule has 3 saturated carbocycles. The molecule has 5 heteroatoms. The van der Waals surface area contributed by atoms with Crippen LogP contribution in [0.25, 0.3) is 0 Å². The molecule has 0 aliphatic heterocycles. The number of rotatable bonds is 6. The summed E-state index contributed by atoms with van der Waals surface area (Å²) in [5.74, 6) is -0.194. The van der Waals surface area contributed by atoms with Gasteiger partial charge in [0.15, 0.2) is 0 Å². The van der Waals surface area contributed by atoms with Gasteiger partial charge in [-0.05, 0) is 42.6 Å². The Labute approximate surface area is 123 Å². The van der Waals surface area contributed by atoms with Gasteiger partial charge in [-0.3, -0.25) is 0 Å². The second-order valence-electron chi connectivity index (χ2n) is 6.28. The molecule has 1 atom stereocenters. The van der Waals surface area contributed by atoms with E-state index in [0.29, 0.717) is 6.42 Å². The number of carboxylic acid groups (broad SMARTS) is 1. The molecule has 2 N–H and O–H groups in total. The molecule has 21 heavy (non-hydrogen) atoms. The van der Waals surface area contributed by atoms with Crippen LogP contribution < -0.4 is 5.32 Å². The quantitative estimate of drug-likeness (QED) is 0.844. The van der Waals surface area contributed by atoms with Crippen LogP contribution in [0.1, 0.15) is 31.2 Å². The second kappa shape index (κ2) is 5.39. The highest BCUT2D eigenvalue weighted by Crippen LogP contribution is 2.66. The van der Waals surface area contributed by atoms with Gasteiger partial charge in [0.25, 0.3) is 0 Å². The van der Waals surface area contributed by atoms with E-state index in [9.17, 15) is 14.7 Å². The maximum absolute atomic E-state index is 11.7. The average molecular weight is 289 g/mol. The molecule has 1 amide bonds. The van der Waals surface area contributed by atoms with Crippen LogP contribution in [0.5, 0.6) is 0 Å². The van der Waals surface area contributed by atoms with Gasteiger partial charge in [0.2, 0.25) is 0 Å². The first-order chi connectivity index (χ1) is 10.1. The Morgan fingerprint density at radius 2 is 1.95 bits per heavy atom. The van der Waals surface area contributed by atoms with E-state index in [-0.39, 0.29) is 12.0 Å². The number of carbonyl (C=O) groups is 2. The zero-order chi connectivity index (χ0) is 14.9. The minimum atomic E-state index is -0.989. The zero-order valence-corrected chi connectivity index (χ0v) is 11.7. The van der Waals surface area contributed by atoms with Crippen LogP contribution in [0.15, 0.2) is 30.3 Å². The number of hydrogen-bond acceptors (Lipinski definition) is 3. The predicted molar refractivity (Wildman–Crippen MR) is 75.6 cm³/mol. The average Bonchev–Trinajstić information content (AvgIpc) is 2.38. The SMILES string of the molecule is O=C(N[C@@H](CC12CC(C1)C2)C(=O)O)OCc1ccccc1. The molecule has 3 aliphatic carbocycles. The molecule has 5 nitrogen and oxygen atoms in total. The maximum Gasteiger partial charge on any atom is 0.408 e. The molecule has 0 radical (unpaired) electrons. The summed E-state index contributed by atoms with van der Waals surface area (Å²) in [5, 5.41) is 11.7. The van der Waals surface area contributed by atoms with Crippen molar-refractivity contribution in [2.45, 2.75) is 38.3 Å². The molecule has 0 heterocycles. The second-order valence-corrected chi connectivity index (χ2v) is 6.28. The van der Waals surface area contributed by atoms with Gasteiger partial charge >= 0.3 is 12.1 Å². The highest BCUT2D eigenvalue weighted by molar-refractivity contribution is 5.80. The fourth-order valence-electron chi connectivity index (χ4n) is 3.45. The summed E-state index contributed by atoms with van der Waals surface area (Å²) in [4.78, 5) is 23.0. The Hall–Kier alpha value is -2.04. The smallest absolute Gasteiger partial charge is 0.408 e. The number of ether oxygens (including phenoxy) is 1. The lowest BCUT2D eigenvalue weighted by Gasteiger charge is -2.62. The summed E-state index contributed by atoms with van der Waals surface area (Å²) >= 11 is 0. The van der Waals surface area contributed by atoms with Crippen molar-refractivity contribution in [2.24, 2.45) is 11.3 Å². The monoisotopic (exact) mass is 289 g/mol. The maximum atomic E-state index is 11.7. The zero-order valence-electron chi connectivity index (χ0n) is 11.7. The molecule has 1 aromatic rings. The molecule has 3 aliphatic rings. The van der Waals surface area contributed by atoms with Crippen molar-refractivity contribution in [3.05, 3.63) is 35.9 Å². The van der Waals surface area contributed by atoms with Crippen LogP contribution >= 0.6 is 0 Å². The van der Waals surface area contributed by atoms with E-state index in [2.05, 4.69) is 5.32 Å². The topological polar surface area (TPSA) is 75.6 Å². The minimum absolute atomic E-state index is 0.145. The van der Waals surface area contributed by atoms with Gasteiger partial charge in [0.05, 0.1) is 0 Å². The van der Waals surface area contributed by atoms with Gasteiger partial charge in [-0.15, -0.1) is 0 Å². The number of alkyl carbamates (subject to hydrolysis) is 1. The van der Waals surface area contributed by atoms with E-state index < -0.39 is 18.1 Å². The van der Waals surface area contributed by atoms with Gasteiger partial charge < -0.3 is 15.2 Å². The van der Waals surface area contributed by atoms with Crippen molar-refractivity contribution in [3.8, 4) is 0 Å². The molecule has 0 saturated heterocycles. The number of carboxylic acids is 1. The Kier molecular flexibility index (Phi) is 3.57. The molecule has 0 aromatic heterocycles. The third-order valence-electron chi connectivity index (χ3n) is 4.61. The van der Waals surface area contributed by atoms with E-state index >= 15 is 0 Å². The lowest BCUT2D eigenvalue weighted by Crippen LogP contribution is -2.56. The highest BCUT2D eigenvalue weighted by atomic mass is 16.5. The number of hydrogen-bond donors (Lipinski definition) is 2. The van der Waals surface area contributed by atoms with Gasteiger partial charge in [0, 0.05) is 0 Å². The van der Waals surface area contributed by atoms with E-state index in [4.69, 9.17) is 4.74 Å². The van der Waals surface area contributed by atoms with E-state index in [1.807, 2.05) is 30.3 Å². The summed E-state index contributed by atoms with van der Waals surface area (Å²) in [6.07, 6.45) is 3.17. The Bertz CT molecular complexity index is 525. The van der Waals surface area contributed by atoms with E-state index in [1.54, 1.807) is 0 Å². The molecule has 2 bridgehead atoms. The molecule has 4 rings (SSSR count). The van der Waals surface area contributed by atoms with E-state index in [0.717, 1.165) is 30.7 Å². The lowest BCUT2D eigenvalue weighted by atomic mass is 9.43. The third kappa shape index (κ3) is 3.01. The van der Waals surface area contributed by atoms with Crippen molar-refractivity contribution < 1.29 is 19.4 Å². The Balaban J connectivity index is 1.48. The fraction of sp³-hybridized carbons (Fsp3) is 0.500. The summed E-state index contributed by atoms with van der Waals surface area (Å²) in [7, 11) is 0. The van der Waals surface area contributed by atoms with Crippen molar-refractivity contribution in [2.75, 3.05) is 0 Å². The van der Waals surface area contributed by atoms with Crippen LogP contribution in [-0.2, 0) is 16.1 Å². The molecule has 112 valence electrons. The Morgan fingerprint density at radius 3 is 2.48 bits per heavy atom. The highest BCUT2D eigenvalue weighted by Gasteiger charge is 2.57. The van der Waals surface area contributed by atoms with Crippen LogP contribution in [-0.4, -0.2) is 23.2 Å². The van der Waals surface area contributed by atoms with Gasteiger partial charge in [0.1, 0.15) is 12.6 Å². The van der Waals surface area contributed by atoms with Crippen LogP contribution in [0.3, 0.4) is 0 Å². The molecule has 0 unspecified atom stereocenters. The van der Waals surface area contributed by atoms with Crippen molar-refractivity contribution in [1.29, 1.82) is 0 Å². The fourth-order valence-corrected chi connectivity index (χ4v) is 3.45. The first-order valence-corrected chi connectivity index (χ1v) is 7.26. The van der Waals surface area contributed by atoms with Crippen molar-refractivity contribution in [3.63, 3.8) is 0 Å². The predicted octanol–water partition coefficient (Wildman–Crippen LogP) is 2.56. The molecular formula is C16H19NO4. The Morgan fingerprint density at radius 1 is 1.29 bits per heavy atom. The van der Waals surface area contributed by atoms with Gasteiger partial charge in [-0.2, -0.15) is 0 Å². The number of amides is 1. The standard InChI is InChI=1S/C16H19NO4/c18-14(19)13(9-16-6-12(7-16)8-16)17-15(20)21-10-11-4-2-1-3-5-11/h1-5,12-13H,6-10H2,(H,17,20)(H,18,19)/t12?,13-,16?/m0/s1. The number of nitrogens with one attached hydrogen (secondary N) is 1. The summed E-state index contributed by atoms with van der Waals surface area (Å²) < 4.78 is 5.07. The molecule has 0 spiro atoms. The lowest BCUT2D eigenvalue weighted by molar-refractivity contribution is -0.149.